The second kappa shape index (κ2) is 3.12. The highest BCUT2D eigenvalue weighted by molar-refractivity contribution is 4.86. The summed E-state index contributed by atoms with van der Waals surface area (Å²) in [5, 5.41) is 8.84. The van der Waals surface area contributed by atoms with Gasteiger partial charge < -0.3 is 10.6 Å². The van der Waals surface area contributed by atoms with Crippen LogP contribution in [0.4, 0.5) is 0 Å². The number of rotatable bonds is 2. The molecule has 66 valence electrons. The van der Waals surface area contributed by atoms with Gasteiger partial charge in [-0.3, -0.25) is 4.79 Å². The van der Waals surface area contributed by atoms with Crippen LogP contribution < -0.4 is 16.7 Å². The third-order valence-electron chi connectivity index (χ3n) is 1.29. The second-order valence-electron chi connectivity index (χ2n) is 2.13. The molecule has 0 aliphatic carbocycles. The molecule has 0 bridgehead atoms. The number of aromatic nitrogens is 2. The molecular formula is C6H9N3O3. The Morgan fingerprint density at radius 1 is 1.58 bits per heavy atom. The molecule has 0 aliphatic heterocycles. The topological polar surface area (TPSA) is 76.3 Å². The van der Waals surface area contributed by atoms with Crippen molar-refractivity contribution < 1.29 is 5.21 Å². The third-order valence-corrected chi connectivity index (χ3v) is 1.29. The molecule has 0 fully saturated rings. The molecule has 6 nitrogen and oxygen atoms in total. The van der Waals surface area contributed by atoms with Crippen LogP contribution in [0.25, 0.3) is 0 Å². The maximum Gasteiger partial charge on any atom is 0.382 e. The lowest BCUT2D eigenvalue weighted by Gasteiger charge is -2.05. The summed E-state index contributed by atoms with van der Waals surface area (Å²) in [5.74, 6) is 0. The van der Waals surface area contributed by atoms with Crippen molar-refractivity contribution in [3.8, 4) is 0 Å². The zero-order valence-electron chi connectivity index (χ0n) is 6.52. The lowest BCUT2D eigenvalue weighted by atomic mass is 10.6. The Hall–Kier alpha value is -1.72. The molecule has 12 heavy (non-hydrogen) atoms. The van der Waals surface area contributed by atoms with E-state index in [1.165, 1.54) is 6.20 Å². The molecule has 6 heteroatoms. The van der Waals surface area contributed by atoms with E-state index in [1.54, 1.807) is 6.92 Å². The maximum absolute atomic E-state index is 11.0. The fourth-order valence-electron chi connectivity index (χ4n) is 0.760. The molecule has 0 aliphatic rings. The first kappa shape index (κ1) is 8.38. The summed E-state index contributed by atoms with van der Waals surface area (Å²) >= 11 is 0. The highest BCUT2D eigenvalue weighted by Crippen LogP contribution is 1.69. The predicted octanol–water partition coefficient (Wildman–Crippen LogP) is -1.19. The zero-order chi connectivity index (χ0) is 9.14. The first-order chi connectivity index (χ1) is 5.66. The lowest BCUT2D eigenvalue weighted by Crippen LogP contribution is -2.41. The van der Waals surface area contributed by atoms with Crippen LogP contribution in [0.5, 0.6) is 0 Å². The van der Waals surface area contributed by atoms with Crippen LogP contribution in [0.15, 0.2) is 21.9 Å². The first-order valence-electron chi connectivity index (χ1n) is 3.44. The van der Waals surface area contributed by atoms with Crippen LogP contribution in [0, 0.1) is 0 Å². The van der Waals surface area contributed by atoms with E-state index >= 15 is 0 Å². The van der Waals surface area contributed by atoms with Crippen molar-refractivity contribution >= 4 is 0 Å². The van der Waals surface area contributed by atoms with Gasteiger partial charge in [0, 0.05) is 18.8 Å². The number of hydrogen-bond acceptors (Lipinski definition) is 4. The highest BCUT2D eigenvalue weighted by atomic mass is 16.5. The summed E-state index contributed by atoms with van der Waals surface area (Å²) in [5.41, 5.74) is 1.09. The Morgan fingerprint density at radius 3 is 2.83 bits per heavy atom. The van der Waals surface area contributed by atoms with Crippen molar-refractivity contribution in [2.75, 3.05) is 12.0 Å². The molecule has 0 spiro atoms. The molecular weight excluding hydrogens is 162 g/mol. The van der Waals surface area contributed by atoms with E-state index in [0.717, 1.165) is 10.7 Å². The standard InChI is InChI=1S/C6H9N3O3/c1-2-7-8-4-3-5(10)9(12)6(8)11/h3-4,7,12H,2H2,1H3. The average Bonchev–Trinajstić information content (AvgIpc) is 2.07. The van der Waals surface area contributed by atoms with Gasteiger partial charge in [-0.1, -0.05) is 4.73 Å². The van der Waals surface area contributed by atoms with Crippen molar-refractivity contribution in [3.63, 3.8) is 0 Å². The summed E-state index contributed by atoms with van der Waals surface area (Å²) in [6, 6.07) is 1.09. The molecule has 0 aromatic carbocycles. The molecule has 0 unspecified atom stereocenters. The van der Waals surface area contributed by atoms with E-state index in [9.17, 15) is 9.59 Å². The molecule has 1 rings (SSSR count). The Kier molecular flexibility index (Phi) is 2.18. The fourth-order valence-corrected chi connectivity index (χ4v) is 0.760. The van der Waals surface area contributed by atoms with Gasteiger partial charge in [0.25, 0.3) is 5.56 Å². The average molecular weight is 171 g/mol. The normalized spacial score (nSPS) is 9.75. The van der Waals surface area contributed by atoms with E-state index in [1.807, 2.05) is 0 Å². The molecule has 1 aromatic heterocycles. The van der Waals surface area contributed by atoms with E-state index in [-0.39, 0.29) is 4.73 Å². The SMILES string of the molecule is CCNn1ccc(=O)n(O)c1=O. The molecule has 0 saturated carbocycles. The van der Waals surface area contributed by atoms with Gasteiger partial charge in [0.05, 0.1) is 0 Å². The lowest BCUT2D eigenvalue weighted by molar-refractivity contribution is 0.156. The van der Waals surface area contributed by atoms with Gasteiger partial charge >= 0.3 is 5.69 Å². The van der Waals surface area contributed by atoms with Crippen LogP contribution in [0.3, 0.4) is 0 Å². The summed E-state index contributed by atoms with van der Waals surface area (Å²) in [7, 11) is 0. The Morgan fingerprint density at radius 2 is 2.25 bits per heavy atom. The molecule has 0 radical (unpaired) electrons. The number of nitrogens with zero attached hydrogens (tertiary/aromatic N) is 2. The molecule has 0 atom stereocenters. The number of hydrogen-bond donors (Lipinski definition) is 2. The van der Waals surface area contributed by atoms with Gasteiger partial charge in [-0.2, -0.15) is 0 Å². The van der Waals surface area contributed by atoms with Crippen molar-refractivity contribution in [2.24, 2.45) is 0 Å². The quantitative estimate of drug-likeness (QED) is 0.548. The highest BCUT2D eigenvalue weighted by Gasteiger charge is 2.00. The smallest absolute Gasteiger partial charge is 0.382 e. The van der Waals surface area contributed by atoms with Crippen molar-refractivity contribution in [1.82, 2.24) is 9.41 Å². The maximum atomic E-state index is 11.0. The van der Waals surface area contributed by atoms with E-state index in [2.05, 4.69) is 5.43 Å². The molecule has 2 N–H and O–H groups in total. The van der Waals surface area contributed by atoms with Crippen LogP contribution in [-0.2, 0) is 0 Å². The van der Waals surface area contributed by atoms with Gasteiger partial charge in [-0.25, -0.2) is 9.47 Å². The molecule has 0 amide bonds. The van der Waals surface area contributed by atoms with Crippen molar-refractivity contribution in [1.29, 1.82) is 0 Å². The largest absolute Gasteiger partial charge is 0.421 e. The van der Waals surface area contributed by atoms with E-state index in [4.69, 9.17) is 5.21 Å². The van der Waals surface area contributed by atoms with E-state index in [0.29, 0.717) is 6.54 Å². The second-order valence-corrected chi connectivity index (χ2v) is 2.13. The van der Waals surface area contributed by atoms with Crippen LogP contribution in [0.2, 0.25) is 0 Å². The monoisotopic (exact) mass is 171 g/mol. The van der Waals surface area contributed by atoms with Gasteiger partial charge in [0.15, 0.2) is 0 Å². The Balaban J connectivity index is 3.27. The minimum Gasteiger partial charge on any atom is -0.421 e. The van der Waals surface area contributed by atoms with Crippen molar-refractivity contribution in [2.45, 2.75) is 6.92 Å². The van der Waals surface area contributed by atoms with Gasteiger partial charge in [0.1, 0.15) is 0 Å². The minimum absolute atomic E-state index is 0.0443. The molecule has 0 saturated heterocycles. The van der Waals surface area contributed by atoms with Gasteiger partial charge in [-0.05, 0) is 6.92 Å². The fraction of sp³-hybridized carbons (Fsp3) is 0.333. The summed E-state index contributed by atoms with van der Waals surface area (Å²) in [6.07, 6.45) is 1.26. The molecule has 1 heterocycles. The third kappa shape index (κ3) is 1.31. The van der Waals surface area contributed by atoms with Crippen LogP contribution >= 0.6 is 0 Å². The van der Waals surface area contributed by atoms with E-state index < -0.39 is 11.2 Å². The Bertz CT molecular complexity index is 378. The summed E-state index contributed by atoms with van der Waals surface area (Å²) in [4.78, 5) is 21.7. The van der Waals surface area contributed by atoms with Crippen LogP contribution in [0.1, 0.15) is 6.92 Å². The summed E-state index contributed by atoms with van der Waals surface area (Å²) < 4.78 is 1.07. The Labute approximate surface area is 67.6 Å². The summed E-state index contributed by atoms with van der Waals surface area (Å²) in [6.45, 7) is 2.32. The number of nitrogens with one attached hydrogen (secondary N) is 1. The predicted molar refractivity (Wildman–Crippen MR) is 42.0 cm³/mol. The van der Waals surface area contributed by atoms with Crippen LogP contribution in [-0.4, -0.2) is 21.2 Å². The minimum atomic E-state index is -0.802. The zero-order valence-corrected chi connectivity index (χ0v) is 6.52. The first-order valence-corrected chi connectivity index (χ1v) is 3.44. The van der Waals surface area contributed by atoms with Crippen molar-refractivity contribution in [3.05, 3.63) is 33.1 Å². The van der Waals surface area contributed by atoms with Gasteiger partial charge in [-0.15, -0.1) is 0 Å². The molecule has 1 aromatic rings. The van der Waals surface area contributed by atoms with Gasteiger partial charge in [0.2, 0.25) is 0 Å².